The van der Waals surface area contributed by atoms with Gasteiger partial charge in [0.25, 0.3) is 0 Å². The lowest BCUT2D eigenvalue weighted by atomic mass is 10.0. The van der Waals surface area contributed by atoms with Gasteiger partial charge in [-0.15, -0.1) is 0 Å². The molecule has 9 atom stereocenters. The topological polar surface area (TPSA) is 543 Å². The minimum Gasteiger partial charge on any atom is -0.508 e. The Morgan fingerprint density at radius 1 is 0.500 bits per heavy atom. The van der Waals surface area contributed by atoms with Crippen LogP contribution in [0.3, 0.4) is 0 Å². The van der Waals surface area contributed by atoms with Crippen LogP contribution >= 0.6 is 0 Å². The molecule has 31 nitrogen and oxygen atoms in total. The zero-order valence-corrected chi connectivity index (χ0v) is 46.0. The van der Waals surface area contributed by atoms with Crippen molar-refractivity contribution in [2.75, 3.05) is 26.2 Å². The Bertz CT molecular complexity index is 2310. The fourth-order valence-electron chi connectivity index (χ4n) is 7.41. The second-order valence-corrected chi connectivity index (χ2v) is 19.4. The summed E-state index contributed by atoms with van der Waals surface area (Å²) in [5.41, 5.74) is 39.3. The molecule has 0 aliphatic heterocycles. The average molecular weight is 1130 g/mol. The molecule has 0 saturated carbocycles. The van der Waals surface area contributed by atoms with Gasteiger partial charge >= 0.3 is 5.97 Å². The predicted octanol–water partition coefficient (Wildman–Crippen LogP) is -6.05. The molecule has 0 bridgehead atoms. The number of carbonyl (C=O) groups is 11. The third kappa shape index (κ3) is 28.9. The zero-order valence-electron chi connectivity index (χ0n) is 46.0. The highest BCUT2D eigenvalue weighted by Gasteiger charge is 2.34. The SMILES string of the molecule is CC(C)C[C@H](NC(=O)[C@H](CCC(N)=O)NC(=O)[C@H](C)NC(=O)[C@H](CCCN=C(N)N)NC(=O)[C@H](CCCN=C(N)N)NC(=O)[C@H](Cc1ccc(O)cc1)NC(=O)[C@H](CCCCN)NC(=O)[C@H](C)N)C(=O)N[C@@H](C)C(=O)NCC(=O)O. The lowest BCUT2D eigenvalue weighted by molar-refractivity contribution is -0.138. The Morgan fingerprint density at radius 2 is 0.900 bits per heavy atom. The fourth-order valence-corrected chi connectivity index (χ4v) is 7.41. The number of carboxylic acids is 1. The maximum absolute atomic E-state index is 14.4. The lowest BCUT2D eigenvalue weighted by Gasteiger charge is -2.28. The molecule has 0 fully saturated rings. The first kappa shape index (κ1) is 69.7. The molecule has 80 heavy (non-hydrogen) atoms. The number of nitrogens with one attached hydrogen (secondary N) is 9. The Balaban J connectivity index is 3.60. The van der Waals surface area contributed by atoms with Crippen LogP contribution < -0.4 is 88.0 Å². The highest BCUT2D eigenvalue weighted by atomic mass is 16.4. The summed E-state index contributed by atoms with van der Waals surface area (Å²) in [5, 5.41) is 41.4. The number of nitrogens with zero attached hydrogens (tertiary/aromatic N) is 2. The number of aliphatic carboxylic acids is 1. The van der Waals surface area contributed by atoms with Crippen molar-refractivity contribution in [2.45, 2.75) is 160 Å². The van der Waals surface area contributed by atoms with Crippen molar-refractivity contribution >= 4 is 77.0 Å². The lowest BCUT2D eigenvalue weighted by Crippen LogP contribution is -2.60. The Labute approximate surface area is 464 Å². The highest BCUT2D eigenvalue weighted by molar-refractivity contribution is 5.98. The molecule has 0 unspecified atom stereocenters. The van der Waals surface area contributed by atoms with Crippen molar-refractivity contribution in [3.05, 3.63) is 29.8 Å². The number of unbranched alkanes of at least 4 members (excludes halogenated alkanes) is 1. The molecule has 1 aromatic carbocycles. The van der Waals surface area contributed by atoms with Crippen molar-refractivity contribution in [2.24, 2.45) is 56.0 Å². The van der Waals surface area contributed by atoms with Crippen molar-refractivity contribution < 1.29 is 63.0 Å². The summed E-state index contributed by atoms with van der Waals surface area (Å²) in [6, 6.07) is -6.22. The van der Waals surface area contributed by atoms with E-state index in [0.717, 1.165) is 0 Å². The van der Waals surface area contributed by atoms with E-state index in [1.165, 1.54) is 45.0 Å². The maximum Gasteiger partial charge on any atom is 0.322 e. The molecule has 31 heteroatoms. The molecule has 0 aromatic heterocycles. The molecular weight excluding hydrogens is 1050 g/mol. The number of nitrogens with two attached hydrogens (primary N) is 7. The van der Waals surface area contributed by atoms with Gasteiger partial charge in [-0.3, -0.25) is 62.7 Å². The summed E-state index contributed by atoms with van der Waals surface area (Å²) >= 11 is 0. The number of phenolic OH excluding ortho intramolecular Hbond substituents is 1. The van der Waals surface area contributed by atoms with Gasteiger partial charge in [0.2, 0.25) is 59.1 Å². The number of carbonyl (C=O) groups excluding carboxylic acids is 10. The number of carboxylic acid groups (broad SMARTS) is 1. The van der Waals surface area contributed by atoms with E-state index in [0.29, 0.717) is 24.9 Å². The summed E-state index contributed by atoms with van der Waals surface area (Å²) in [5.74, 6) is -10.7. The number of aromatic hydroxyl groups is 1. The number of guanidine groups is 2. The fraction of sp³-hybridized carbons (Fsp3) is 0.612. The molecule has 1 aromatic rings. The summed E-state index contributed by atoms with van der Waals surface area (Å²) in [6.45, 7) is 7.02. The third-order valence-corrected chi connectivity index (χ3v) is 11.7. The van der Waals surface area contributed by atoms with Crippen molar-refractivity contribution in [1.29, 1.82) is 0 Å². The molecule has 10 amide bonds. The van der Waals surface area contributed by atoms with Gasteiger partial charge in [-0.05, 0) is 109 Å². The van der Waals surface area contributed by atoms with Crippen molar-refractivity contribution in [1.82, 2.24) is 47.9 Å². The minimum atomic E-state index is -1.52. The summed E-state index contributed by atoms with van der Waals surface area (Å²) in [4.78, 5) is 153. The number of hydrogen-bond donors (Lipinski definition) is 18. The van der Waals surface area contributed by atoms with Gasteiger partial charge in [-0.2, -0.15) is 0 Å². The Hall–Kier alpha value is -8.35. The van der Waals surface area contributed by atoms with E-state index in [9.17, 15) is 57.8 Å². The summed E-state index contributed by atoms with van der Waals surface area (Å²) in [6.07, 6.45) is 0.0127. The molecule has 0 heterocycles. The Kier molecular flexibility index (Phi) is 31.9. The smallest absolute Gasteiger partial charge is 0.322 e. The van der Waals surface area contributed by atoms with Crippen LogP contribution in [0, 0.1) is 5.92 Å². The number of benzene rings is 1. The molecule has 25 N–H and O–H groups in total. The second-order valence-electron chi connectivity index (χ2n) is 19.4. The van der Waals surface area contributed by atoms with E-state index in [1.807, 2.05) is 0 Å². The van der Waals surface area contributed by atoms with Crippen molar-refractivity contribution in [3.8, 4) is 5.75 Å². The monoisotopic (exact) mass is 1130 g/mol. The first-order valence-electron chi connectivity index (χ1n) is 26.1. The van der Waals surface area contributed by atoms with Gasteiger partial charge in [-0.1, -0.05) is 26.0 Å². The maximum atomic E-state index is 14.4. The first-order chi connectivity index (χ1) is 37.5. The number of amides is 10. The van der Waals surface area contributed by atoms with Crippen LogP contribution in [0.25, 0.3) is 0 Å². The zero-order chi connectivity index (χ0) is 60.6. The molecule has 0 spiro atoms. The summed E-state index contributed by atoms with van der Waals surface area (Å²) in [7, 11) is 0. The molecule has 0 radical (unpaired) electrons. The van der Waals surface area contributed by atoms with Crippen LogP contribution in [0.15, 0.2) is 34.3 Å². The Morgan fingerprint density at radius 3 is 1.35 bits per heavy atom. The minimum absolute atomic E-state index is 0.00734. The van der Waals surface area contributed by atoms with E-state index in [1.54, 1.807) is 13.8 Å². The number of primary amides is 1. The standard InChI is InChI=1S/C49H84N18O13/c1-25(2)22-35(46(79)60-27(4)40(73)59-24-38(70)71)66-45(78)34(17-18-37(52)69)63-41(74)28(5)61-42(75)32(11-8-20-57-48(53)54)64-43(76)33(12-9-21-58-49(55)56)65-47(80)36(23-29-13-15-30(68)16-14-29)67-44(77)31(10-6-7-19-50)62-39(72)26(3)51/h13-16,25-28,31-36,68H,6-12,17-24,50-51H2,1-5H3,(H2,52,69)(H,59,73)(H,60,79)(H,61,75)(H,62,72)(H,63,74)(H,64,76)(H,65,80)(H,66,78)(H,67,77)(H,70,71)(H4,53,54,57)(H4,55,56,58)/t26-,27-,28-,31-,32-,33-,34-,35-,36-/m0/s1. The van der Waals surface area contributed by atoms with E-state index in [-0.39, 0.29) is 88.0 Å². The molecule has 0 saturated heterocycles. The average Bonchev–Trinajstić information content (AvgIpc) is 3.37. The number of hydrogen-bond acceptors (Lipinski definition) is 16. The number of aliphatic imine (C=N–C) groups is 2. The molecule has 448 valence electrons. The molecule has 0 aliphatic carbocycles. The molecular formula is C49H84N18O13. The third-order valence-electron chi connectivity index (χ3n) is 11.7. The first-order valence-corrected chi connectivity index (χ1v) is 26.1. The van der Waals surface area contributed by atoms with Crippen LogP contribution in [0.2, 0.25) is 0 Å². The van der Waals surface area contributed by atoms with Crippen LogP contribution in [-0.2, 0) is 59.2 Å². The van der Waals surface area contributed by atoms with Crippen LogP contribution in [0.5, 0.6) is 5.75 Å². The van der Waals surface area contributed by atoms with Crippen molar-refractivity contribution in [3.63, 3.8) is 0 Å². The van der Waals surface area contributed by atoms with Crippen LogP contribution in [0.4, 0.5) is 0 Å². The predicted molar refractivity (Wildman–Crippen MR) is 294 cm³/mol. The number of phenols is 1. The van der Waals surface area contributed by atoms with E-state index >= 15 is 0 Å². The van der Waals surface area contributed by atoms with Gasteiger partial charge in [-0.25, -0.2) is 0 Å². The van der Waals surface area contributed by atoms with Gasteiger partial charge in [0.05, 0.1) is 6.04 Å². The largest absolute Gasteiger partial charge is 0.508 e. The van der Waals surface area contributed by atoms with Gasteiger partial charge < -0.3 is 98.2 Å². The second kappa shape index (κ2) is 36.7. The van der Waals surface area contributed by atoms with E-state index < -0.39 is 132 Å². The van der Waals surface area contributed by atoms with Crippen LogP contribution in [0.1, 0.15) is 104 Å². The molecule has 1 rings (SSSR count). The van der Waals surface area contributed by atoms with E-state index in [2.05, 4.69) is 57.8 Å². The quantitative estimate of drug-likeness (QED) is 0.0166. The molecule has 0 aliphatic rings. The van der Waals surface area contributed by atoms with Gasteiger partial charge in [0.15, 0.2) is 11.9 Å². The summed E-state index contributed by atoms with van der Waals surface area (Å²) < 4.78 is 0. The van der Waals surface area contributed by atoms with Gasteiger partial charge in [0, 0.05) is 25.9 Å². The van der Waals surface area contributed by atoms with Gasteiger partial charge in [0.1, 0.15) is 60.6 Å². The highest BCUT2D eigenvalue weighted by Crippen LogP contribution is 2.14. The number of rotatable bonds is 38. The van der Waals surface area contributed by atoms with E-state index in [4.69, 9.17) is 45.2 Å². The van der Waals surface area contributed by atoms with Crippen LogP contribution in [-0.4, -0.2) is 168 Å². The normalized spacial score (nSPS) is 14.2.